The second-order valence-corrected chi connectivity index (χ2v) is 7.89. The van der Waals surface area contributed by atoms with Gasteiger partial charge in [0.2, 0.25) is 0 Å². The first kappa shape index (κ1) is 20.2. The number of aliphatic hydroxyl groups excluding tert-OH is 1. The molecule has 3 aromatic rings. The molecule has 162 valence electrons. The number of carbonyl (C=O) groups excluding carboxylic acids is 2. The molecule has 0 spiro atoms. The molecule has 0 bridgehead atoms. The van der Waals surface area contributed by atoms with E-state index in [0.717, 1.165) is 0 Å². The molecule has 7 nitrogen and oxygen atoms in total. The van der Waals surface area contributed by atoms with Gasteiger partial charge in [-0.05, 0) is 55.5 Å². The Morgan fingerprint density at radius 1 is 1.03 bits per heavy atom. The smallest absolute Gasteiger partial charge is 0.300 e. The van der Waals surface area contributed by atoms with Crippen LogP contribution in [0.1, 0.15) is 23.1 Å². The van der Waals surface area contributed by atoms with Crippen molar-refractivity contribution in [2.24, 2.45) is 0 Å². The fourth-order valence-corrected chi connectivity index (χ4v) is 4.13. The molecule has 32 heavy (non-hydrogen) atoms. The monoisotopic (exact) mass is 451 g/mol. The largest absolute Gasteiger partial charge is 0.507 e. The summed E-state index contributed by atoms with van der Waals surface area (Å²) in [4.78, 5) is 27.5. The van der Waals surface area contributed by atoms with Gasteiger partial charge >= 0.3 is 0 Å². The standard InChI is InChI=1S/C24H18ClNO6/c1-13-5-7-18(32-13)21-20(22(27)14-6-8-17-19(11-14)31-10-9-30-17)23(28)24(29)26(21)16-4-2-3-15(25)12-16/h2-8,11-12,21,27H,9-10H2,1H3/b22-20-. The van der Waals surface area contributed by atoms with Crippen LogP contribution in [0.15, 0.2) is 64.6 Å². The summed E-state index contributed by atoms with van der Waals surface area (Å²) in [6.45, 7) is 2.57. The maximum absolute atomic E-state index is 13.1. The van der Waals surface area contributed by atoms with Crippen LogP contribution in [0, 0.1) is 6.92 Å². The van der Waals surface area contributed by atoms with E-state index in [4.69, 9.17) is 25.5 Å². The minimum atomic E-state index is -0.963. The number of nitrogens with zero attached hydrogens (tertiary/aromatic N) is 1. The fraction of sp³-hybridized carbons (Fsp3) is 0.167. The number of carbonyl (C=O) groups is 2. The van der Waals surface area contributed by atoms with Crippen molar-refractivity contribution in [1.82, 2.24) is 0 Å². The highest BCUT2D eigenvalue weighted by Gasteiger charge is 2.48. The van der Waals surface area contributed by atoms with Gasteiger partial charge in [0.15, 0.2) is 11.5 Å². The predicted octanol–water partition coefficient (Wildman–Crippen LogP) is 4.64. The van der Waals surface area contributed by atoms with Gasteiger partial charge in [-0.3, -0.25) is 14.5 Å². The highest BCUT2D eigenvalue weighted by molar-refractivity contribution is 6.51. The van der Waals surface area contributed by atoms with Crippen LogP contribution in [0.2, 0.25) is 5.02 Å². The molecular weight excluding hydrogens is 434 g/mol. The molecule has 2 aromatic carbocycles. The first-order valence-corrected chi connectivity index (χ1v) is 10.3. The summed E-state index contributed by atoms with van der Waals surface area (Å²) in [5.41, 5.74) is 0.660. The topological polar surface area (TPSA) is 89.2 Å². The number of fused-ring (bicyclic) bond motifs is 1. The third-order valence-corrected chi connectivity index (χ3v) is 5.61. The number of Topliss-reactive ketones (excluding diaryl/α,β-unsaturated/α-hetero) is 1. The Morgan fingerprint density at radius 2 is 1.81 bits per heavy atom. The van der Waals surface area contributed by atoms with Gasteiger partial charge in [0.05, 0.1) is 5.57 Å². The molecule has 2 aliphatic rings. The summed E-state index contributed by atoms with van der Waals surface area (Å²) in [6, 6.07) is 13.9. The molecule has 1 aromatic heterocycles. The summed E-state index contributed by atoms with van der Waals surface area (Å²) in [5, 5.41) is 11.6. The van der Waals surface area contributed by atoms with Gasteiger partial charge in [0.25, 0.3) is 11.7 Å². The van der Waals surface area contributed by atoms with Crippen molar-refractivity contribution in [1.29, 1.82) is 0 Å². The molecular formula is C24H18ClNO6. The van der Waals surface area contributed by atoms with Crippen LogP contribution in [0.3, 0.4) is 0 Å². The Bertz CT molecular complexity index is 1280. The third-order valence-electron chi connectivity index (χ3n) is 5.38. The maximum Gasteiger partial charge on any atom is 0.300 e. The van der Waals surface area contributed by atoms with Crippen LogP contribution in [-0.4, -0.2) is 30.0 Å². The van der Waals surface area contributed by atoms with Gasteiger partial charge < -0.3 is 19.0 Å². The van der Waals surface area contributed by atoms with Crippen LogP contribution in [0.4, 0.5) is 5.69 Å². The van der Waals surface area contributed by atoms with Gasteiger partial charge in [-0.15, -0.1) is 0 Å². The van der Waals surface area contributed by atoms with Gasteiger partial charge in [-0.1, -0.05) is 17.7 Å². The number of furan rings is 1. The molecule has 1 N–H and O–H groups in total. The molecule has 1 unspecified atom stereocenters. The van der Waals surface area contributed by atoms with E-state index in [1.54, 1.807) is 61.5 Å². The number of halogens is 1. The second kappa shape index (κ2) is 7.76. The number of ether oxygens (including phenoxy) is 2. The minimum absolute atomic E-state index is 0.0824. The van der Waals surface area contributed by atoms with Gasteiger partial charge in [0.1, 0.15) is 36.5 Å². The number of ketones is 1. The summed E-state index contributed by atoms with van der Waals surface area (Å²) in [6.07, 6.45) is 0. The Hall–Kier alpha value is -3.71. The van der Waals surface area contributed by atoms with Crippen molar-refractivity contribution in [3.63, 3.8) is 0 Å². The summed E-state index contributed by atoms with van der Waals surface area (Å²) < 4.78 is 16.9. The molecule has 0 saturated carbocycles. The molecule has 0 aliphatic carbocycles. The Labute approximate surface area is 188 Å². The number of amides is 1. The lowest BCUT2D eigenvalue weighted by atomic mass is 9.99. The van der Waals surface area contributed by atoms with Crippen molar-refractivity contribution >= 4 is 34.7 Å². The highest BCUT2D eigenvalue weighted by Crippen LogP contribution is 2.44. The van der Waals surface area contributed by atoms with Crippen LogP contribution in [0.25, 0.3) is 5.76 Å². The molecule has 1 saturated heterocycles. The van der Waals surface area contributed by atoms with E-state index in [2.05, 4.69) is 0 Å². The number of hydrogen-bond donors (Lipinski definition) is 1. The molecule has 5 rings (SSSR count). The molecule has 1 atom stereocenters. The number of anilines is 1. The minimum Gasteiger partial charge on any atom is -0.507 e. The number of aliphatic hydroxyl groups is 1. The molecule has 8 heteroatoms. The van der Waals surface area contributed by atoms with Gasteiger partial charge in [-0.25, -0.2) is 0 Å². The third kappa shape index (κ3) is 3.31. The lowest BCUT2D eigenvalue weighted by molar-refractivity contribution is -0.132. The summed E-state index contributed by atoms with van der Waals surface area (Å²) in [7, 11) is 0. The van der Waals surface area contributed by atoms with E-state index in [9.17, 15) is 14.7 Å². The average Bonchev–Trinajstić information content (AvgIpc) is 3.33. The van der Waals surface area contributed by atoms with Crippen LogP contribution >= 0.6 is 11.6 Å². The van der Waals surface area contributed by atoms with Crippen LogP contribution in [-0.2, 0) is 9.59 Å². The zero-order chi connectivity index (χ0) is 22.4. The SMILES string of the molecule is Cc1ccc(C2/C(=C(/O)c3ccc4c(c3)OCCO4)C(=O)C(=O)N2c2cccc(Cl)c2)o1. The molecule has 1 fully saturated rings. The highest BCUT2D eigenvalue weighted by atomic mass is 35.5. The Balaban J connectivity index is 1.69. The normalized spacial score (nSPS) is 19.4. The van der Waals surface area contributed by atoms with E-state index < -0.39 is 17.7 Å². The molecule has 3 heterocycles. The maximum atomic E-state index is 13.1. The zero-order valence-electron chi connectivity index (χ0n) is 17.0. The quantitative estimate of drug-likeness (QED) is 0.354. The van der Waals surface area contributed by atoms with E-state index in [1.807, 2.05) is 0 Å². The Morgan fingerprint density at radius 3 is 2.53 bits per heavy atom. The lowest BCUT2D eigenvalue weighted by Gasteiger charge is -2.23. The van der Waals surface area contributed by atoms with E-state index >= 15 is 0 Å². The first-order valence-electron chi connectivity index (χ1n) is 9.97. The van der Waals surface area contributed by atoms with Crippen molar-refractivity contribution in [2.75, 3.05) is 18.1 Å². The van der Waals surface area contributed by atoms with E-state index in [-0.39, 0.29) is 11.3 Å². The number of hydrogen-bond acceptors (Lipinski definition) is 6. The number of rotatable bonds is 3. The van der Waals surface area contributed by atoms with Crippen molar-refractivity contribution in [3.8, 4) is 11.5 Å². The molecule has 1 amide bonds. The van der Waals surface area contributed by atoms with Crippen molar-refractivity contribution in [2.45, 2.75) is 13.0 Å². The van der Waals surface area contributed by atoms with Crippen LogP contribution < -0.4 is 14.4 Å². The predicted molar refractivity (Wildman–Crippen MR) is 117 cm³/mol. The molecule has 2 aliphatic heterocycles. The van der Waals surface area contributed by atoms with Crippen molar-refractivity contribution in [3.05, 3.63) is 82.3 Å². The Kier molecular flexibility index (Phi) is 4.90. The fourth-order valence-electron chi connectivity index (χ4n) is 3.94. The molecule has 0 radical (unpaired) electrons. The van der Waals surface area contributed by atoms with Crippen LogP contribution in [0.5, 0.6) is 11.5 Å². The lowest BCUT2D eigenvalue weighted by Crippen LogP contribution is -2.29. The second-order valence-electron chi connectivity index (χ2n) is 7.46. The van der Waals surface area contributed by atoms with E-state index in [1.165, 1.54) is 4.90 Å². The summed E-state index contributed by atoms with van der Waals surface area (Å²) >= 11 is 6.13. The summed E-state index contributed by atoms with van der Waals surface area (Å²) in [5.74, 6) is 0.0164. The number of benzene rings is 2. The average molecular weight is 452 g/mol. The van der Waals surface area contributed by atoms with Gasteiger partial charge in [-0.2, -0.15) is 0 Å². The van der Waals surface area contributed by atoms with Crippen molar-refractivity contribution < 1.29 is 28.6 Å². The number of aryl methyl sites for hydroxylation is 1. The zero-order valence-corrected chi connectivity index (χ0v) is 17.8. The van der Waals surface area contributed by atoms with E-state index in [0.29, 0.717) is 52.5 Å². The van der Waals surface area contributed by atoms with Gasteiger partial charge in [0, 0.05) is 16.3 Å². The first-order chi connectivity index (χ1) is 15.4.